The molecule has 2 N–H and O–H groups in total. The van der Waals surface area contributed by atoms with Gasteiger partial charge in [-0.2, -0.15) is 0 Å². The number of ether oxygens (including phenoxy) is 3. The van der Waals surface area contributed by atoms with E-state index in [-0.39, 0.29) is 11.8 Å². The Labute approximate surface area is 156 Å². The van der Waals surface area contributed by atoms with Crippen LogP contribution in [0.1, 0.15) is 12.8 Å². The highest BCUT2D eigenvalue weighted by atomic mass is 16.6. The molecule has 2 aromatic rings. The van der Waals surface area contributed by atoms with E-state index in [1.54, 1.807) is 36.4 Å². The fourth-order valence-electron chi connectivity index (χ4n) is 3.04. The van der Waals surface area contributed by atoms with Gasteiger partial charge in [0.2, 0.25) is 11.8 Å². The summed E-state index contributed by atoms with van der Waals surface area (Å²) < 4.78 is 16.3. The first-order valence-corrected chi connectivity index (χ1v) is 8.78. The van der Waals surface area contributed by atoms with Crippen molar-refractivity contribution in [2.45, 2.75) is 12.8 Å². The molecule has 4 rings (SSSR count). The third-order valence-corrected chi connectivity index (χ3v) is 4.77. The number of nitrogens with one attached hydrogen (secondary N) is 2. The Morgan fingerprint density at radius 2 is 1.67 bits per heavy atom. The van der Waals surface area contributed by atoms with Crippen LogP contribution in [0.3, 0.4) is 0 Å². The Morgan fingerprint density at radius 3 is 2.41 bits per heavy atom. The molecule has 0 radical (unpaired) electrons. The number of fused-ring (bicyclic) bond motifs is 1. The molecule has 0 saturated heterocycles. The van der Waals surface area contributed by atoms with Crippen molar-refractivity contribution in [1.29, 1.82) is 0 Å². The van der Waals surface area contributed by atoms with Crippen LogP contribution in [0.15, 0.2) is 42.5 Å². The minimum absolute atomic E-state index is 0.327. The van der Waals surface area contributed by atoms with Gasteiger partial charge in [-0.25, -0.2) is 0 Å². The van der Waals surface area contributed by atoms with Gasteiger partial charge in [0, 0.05) is 11.8 Å². The van der Waals surface area contributed by atoms with Crippen LogP contribution in [0.5, 0.6) is 17.2 Å². The normalized spacial score (nSPS) is 16.2. The zero-order valence-corrected chi connectivity index (χ0v) is 14.9. The van der Waals surface area contributed by atoms with Crippen LogP contribution in [0.2, 0.25) is 0 Å². The first-order chi connectivity index (χ1) is 13.1. The number of para-hydroxylation sites is 2. The first-order valence-electron chi connectivity index (χ1n) is 8.78. The van der Waals surface area contributed by atoms with Gasteiger partial charge in [-0.1, -0.05) is 12.1 Å². The third kappa shape index (κ3) is 3.28. The molecule has 140 valence electrons. The summed E-state index contributed by atoms with van der Waals surface area (Å²) in [5.41, 5.74) is 0.0534. The van der Waals surface area contributed by atoms with Crippen molar-refractivity contribution < 1.29 is 23.8 Å². The molecule has 2 aliphatic rings. The minimum Gasteiger partial charge on any atom is -0.495 e. The second-order valence-electron chi connectivity index (χ2n) is 6.55. The molecule has 0 atom stereocenters. The van der Waals surface area contributed by atoms with Crippen LogP contribution < -0.4 is 24.8 Å². The lowest BCUT2D eigenvalue weighted by molar-refractivity contribution is -0.131. The van der Waals surface area contributed by atoms with E-state index in [0.29, 0.717) is 54.7 Å². The summed E-state index contributed by atoms with van der Waals surface area (Å²) in [5.74, 6) is 1.12. The second-order valence-corrected chi connectivity index (χ2v) is 6.55. The van der Waals surface area contributed by atoms with Gasteiger partial charge < -0.3 is 24.8 Å². The maximum absolute atomic E-state index is 12.8. The summed E-state index contributed by atoms with van der Waals surface area (Å²) in [6.45, 7) is 0.973. The molecule has 0 bridgehead atoms. The topological polar surface area (TPSA) is 85.9 Å². The maximum atomic E-state index is 12.8. The standard InChI is InChI=1S/C20H20N2O5/c1-25-15-5-3-2-4-14(15)22-19(24)20(8-9-20)18(23)21-13-6-7-16-17(12-13)27-11-10-26-16/h2-7,12H,8-11H2,1H3,(H,21,23)(H,22,24). The summed E-state index contributed by atoms with van der Waals surface area (Å²) in [6.07, 6.45) is 1.01. The van der Waals surface area contributed by atoms with Gasteiger partial charge in [-0.15, -0.1) is 0 Å². The molecule has 2 amide bonds. The van der Waals surface area contributed by atoms with Gasteiger partial charge in [0.15, 0.2) is 11.5 Å². The quantitative estimate of drug-likeness (QED) is 0.793. The van der Waals surface area contributed by atoms with Gasteiger partial charge in [0.1, 0.15) is 24.4 Å². The molecule has 1 fully saturated rings. The molecule has 0 spiro atoms. The molecule has 1 aliphatic heterocycles. The Morgan fingerprint density at radius 1 is 0.963 bits per heavy atom. The van der Waals surface area contributed by atoms with Crippen LogP contribution in [-0.2, 0) is 9.59 Å². The Kier molecular flexibility index (Phi) is 4.35. The third-order valence-electron chi connectivity index (χ3n) is 4.77. The molecule has 0 aromatic heterocycles. The van der Waals surface area contributed by atoms with Crippen LogP contribution in [0, 0.1) is 5.41 Å². The van der Waals surface area contributed by atoms with Gasteiger partial charge in [0.05, 0.1) is 12.8 Å². The van der Waals surface area contributed by atoms with E-state index in [9.17, 15) is 9.59 Å². The molecule has 1 aliphatic carbocycles. The number of hydrogen-bond acceptors (Lipinski definition) is 5. The van der Waals surface area contributed by atoms with Crippen molar-refractivity contribution in [3.8, 4) is 17.2 Å². The largest absolute Gasteiger partial charge is 0.495 e. The number of amides is 2. The zero-order chi connectivity index (χ0) is 18.9. The van der Waals surface area contributed by atoms with E-state index >= 15 is 0 Å². The minimum atomic E-state index is -1.06. The molecule has 1 heterocycles. The molecule has 2 aromatic carbocycles. The summed E-state index contributed by atoms with van der Waals surface area (Å²) in [5, 5.41) is 5.63. The summed E-state index contributed by atoms with van der Waals surface area (Å²) >= 11 is 0. The second kappa shape index (κ2) is 6.83. The van der Waals surface area contributed by atoms with Crippen LogP contribution in [-0.4, -0.2) is 32.1 Å². The number of hydrogen-bond donors (Lipinski definition) is 2. The van der Waals surface area contributed by atoms with Crippen molar-refractivity contribution in [3.63, 3.8) is 0 Å². The summed E-state index contributed by atoms with van der Waals surface area (Å²) in [7, 11) is 1.53. The van der Waals surface area contributed by atoms with Crippen molar-refractivity contribution in [2.75, 3.05) is 31.0 Å². The predicted octanol–water partition coefficient (Wildman–Crippen LogP) is 2.82. The highest BCUT2D eigenvalue weighted by molar-refractivity contribution is 6.17. The van der Waals surface area contributed by atoms with Crippen molar-refractivity contribution in [1.82, 2.24) is 0 Å². The van der Waals surface area contributed by atoms with Crippen LogP contribution in [0.25, 0.3) is 0 Å². The van der Waals surface area contributed by atoms with Gasteiger partial charge in [0.25, 0.3) is 0 Å². The van der Waals surface area contributed by atoms with Gasteiger partial charge >= 0.3 is 0 Å². The van der Waals surface area contributed by atoms with E-state index < -0.39 is 5.41 Å². The number of benzene rings is 2. The monoisotopic (exact) mass is 368 g/mol. The Balaban J connectivity index is 1.47. The number of rotatable bonds is 5. The molecule has 7 heteroatoms. The van der Waals surface area contributed by atoms with E-state index in [2.05, 4.69) is 10.6 Å². The SMILES string of the molecule is COc1ccccc1NC(=O)C1(C(=O)Nc2ccc3c(c2)OCCO3)CC1. The fourth-order valence-corrected chi connectivity index (χ4v) is 3.04. The smallest absolute Gasteiger partial charge is 0.240 e. The molecule has 1 saturated carbocycles. The molecule has 0 unspecified atom stereocenters. The average molecular weight is 368 g/mol. The lowest BCUT2D eigenvalue weighted by atomic mass is 10.0. The zero-order valence-electron chi connectivity index (χ0n) is 14.9. The average Bonchev–Trinajstić information content (AvgIpc) is 3.50. The molecular formula is C20H20N2O5. The number of methoxy groups -OCH3 is 1. The maximum Gasteiger partial charge on any atom is 0.240 e. The van der Waals surface area contributed by atoms with Crippen molar-refractivity contribution >= 4 is 23.2 Å². The highest BCUT2D eigenvalue weighted by Crippen LogP contribution is 2.48. The van der Waals surface area contributed by atoms with E-state index in [1.807, 2.05) is 6.07 Å². The Hall–Kier alpha value is -3.22. The molecule has 7 nitrogen and oxygen atoms in total. The number of anilines is 2. The summed E-state index contributed by atoms with van der Waals surface area (Å²) in [6, 6.07) is 12.3. The van der Waals surface area contributed by atoms with Gasteiger partial charge in [-0.3, -0.25) is 9.59 Å². The first kappa shape index (κ1) is 17.2. The van der Waals surface area contributed by atoms with Crippen molar-refractivity contribution in [3.05, 3.63) is 42.5 Å². The lowest BCUT2D eigenvalue weighted by Crippen LogP contribution is -2.35. The Bertz CT molecular complexity index is 892. The highest BCUT2D eigenvalue weighted by Gasteiger charge is 2.56. The fraction of sp³-hybridized carbons (Fsp3) is 0.300. The van der Waals surface area contributed by atoms with E-state index in [1.165, 1.54) is 7.11 Å². The lowest BCUT2D eigenvalue weighted by Gasteiger charge is -2.20. The molecular weight excluding hydrogens is 348 g/mol. The van der Waals surface area contributed by atoms with Crippen LogP contribution >= 0.6 is 0 Å². The van der Waals surface area contributed by atoms with Crippen molar-refractivity contribution in [2.24, 2.45) is 5.41 Å². The van der Waals surface area contributed by atoms with Gasteiger partial charge in [-0.05, 0) is 37.1 Å². The van der Waals surface area contributed by atoms with E-state index in [4.69, 9.17) is 14.2 Å². The number of carbonyl (C=O) groups excluding carboxylic acids is 2. The number of carbonyl (C=O) groups is 2. The molecule has 27 heavy (non-hydrogen) atoms. The predicted molar refractivity (Wildman–Crippen MR) is 99.4 cm³/mol. The van der Waals surface area contributed by atoms with E-state index in [0.717, 1.165) is 0 Å². The van der Waals surface area contributed by atoms with Crippen LogP contribution in [0.4, 0.5) is 11.4 Å². The summed E-state index contributed by atoms with van der Waals surface area (Å²) in [4.78, 5) is 25.5.